The van der Waals surface area contributed by atoms with Crippen LogP contribution in [0.15, 0.2) is 24.3 Å². The van der Waals surface area contributed by atoms with E-state index in [9.17, 15) is 14.9 Å². The molecule has 1 aliphatic heterocycles. The van der Waals surface area contributed by atoms with Gasteiger partial charge < -0.3 is 10.2 Å². The van der Waals surface area contributed by atoms with Crippen molar-refractivity contribution in [2.45, 2.75) is 32.2 Å². The summed E-state index contributed by atoms with van der Waals surface area (Å²) in [7, 11) is 0. The Labute approximate surface area is 124 Å². The Balaban J connectivity index is 1.70. The van der Waals surface area contributed by atoms with Crippen LogP contribution in [0.1, 0.15) is 25.3 Å². The third kappa shape index (κ3) is 4.53. The van der Waals surface area contributed by atoms with Crippen LogP contribution in [0, 0.1) is 10.1 Å². The van der Waals surface area contributed by atoms with Gasteiger partial charge in [0.05, 0.1) is 4.92 Å². The Kier molecular flexibility index (Phi) is 5.27. The second kappa shape index (κ2) is 7.17. The van der Waals surface area contributed by atoms with Crippen LogP contribution in [0.25, 0.3) is 0 Å². The molecule has 1 fully saturated rings. The van der Waals surface area contributed by atoms with Gasteiger partial charge in [-0.1, -0.05) is 12.1 Å². The van der Waals surface area contributed by atoms with Crippen molar-refractivity contribution in [1.29, 1.82) is 0 Å². The highest BCUT2D eigenvalue weighted by Gasteiger charge is 2.19. The maximum atomic E-state index is 11.2. The monoisotopic (exact) mass is 291 g/mol. The number of nitro benzene ring substituents is 1. The molecule has 0 radical (unpaired) electrons. The van der Waals surface area contributed by atoms with Crippen LogP contribution in [-0.4, -0.2) is 41.4 Å². The predicted octanol–water partition coefficient (Wildman–Crippen LogP) is 1.74. The number of benzene rings is 1. The number of nitrogens with zero attached hydrogens (tertiary/aromatic N) is 2. The number of amides is 1. The Morgan fingerprint density at radius 3 is 2.48 bits per heavy atom. The predicted molar refractivity (Wildman–Crippen MR) is 80.1 cm³/mol. The van der Waals surface area contributed by atoms with Crippen LogP contribution in [0.2, 0.25) is 0 Å². The lowest BCUT2D eigenvalue weighted by molar-refractivity contribution is -0.384. The van der Waals surface area contributed by atoms with Gasteiger partial charge in [0, 0.05) is 38.2 Å². The maximum absolute atomic E-state index is 11.2. The lowest BCUT2D eigenvalue weighted by Gasteiger charge is -2.31. The zero-order valence-corrected chi connectivity index (χ0v) is 12.2. The molecule has 6 nitrogen and oxygen atoms in total. The number of piperidine rings is 1. The summed E-state index contributed by atoms with van der Waals surface area (Å²) in [6.45, 7) is 4.11. The van der Waals surface area contributed by atoms with Gasteiger partial charge in [-0.25, -0.2) is 0 Å². The molecule has 0 aromatic heterocycles. The number of likely N-dealkylation sites (tertiary alicyclic amines) is 1. The number of rotatable bonds is 5. The SMILES string of the molecule is CC(=O)N1CCC(NCCc2ccc([N+](=O)[O-])cc2)CC1. The molecule has 0 unspecified atom stereocenters. The van der Waals surface area contributed by atoms with Gasteiger partial charge in [-0.3, -0.25) is 14.9 Å². The number of hydrogen-bond donors (Lipinski definition) is 1. The largest absolute Gasteiger partial charge is 0.343 e. The molecule has 1 aliphatic rings. The smallest absolute Gasteiger partial charge is 0.269 e. The number of carbonyl (C=O) groups excluding carboxylic acids is 1. The first-order valence-electron chi connectivity index (χ1n) is 7.28. The van der Waals surface area contributed by atoms with Gasteiger partial charge in [-0.15, -0.1) is 0 Å². The fourth-order valence-electron chi connectivity index (χ4n) is 2.60. The first-order chi connectivity index (χ1) is 10.1. The number of nitrogens with one attached hydrogen (secondary N) is 1. The third-order valence-electron chi connectivity index (χ3n) is 3.93. The van der Waals surface area contributed by atoms with Crippen molar-refractivity contribution in [2.75, 3.05) is 19.6 Å². The quantitative estimate of drug-likeness (QED) is 0.662. The molecule has 1 N–H and O–H groups in total. The second-order valence-electron chi connectivity index (χ2n) is 5.41. The summed E-state index contributed by atoms with van der Waals surface area (Å²) in [5, 5.41) is 14.1. The van der Waals surface area contributed by atoms with Crippen LogP contribution < -0.4 is 5.32 Å². The summed E-state index contributed by atoms with van der Waals surface area (Å²) in [5.74, 6) is 0.152. The standard InChI is InChI=1S/C15H21N3O3/c1-12(19)17-10-7-14(8-11-17)16-9-6-13-2-4-15(5-3-13)18(20)21/h2-5,14,16H,6-11H2,1H3. The van der Waals surface area contributed by atoms with Crippen LogP contribution in [0.4, 0.5) is 5.69 Å². The minimum atomic E-state index is -0.384. The normalized spacial score (nSPS) is 16.0. The van der Waals surface area contributed by atoms with Crippen molar-refractivity contribution in [1.82, 2.24) is 10.2 Å². The van der Waals surface area contributed by atoms with Crippen molar-refractivity contribution in [3.8, 4) is 0 Å². The summed E-state index contributed by atoms with van der Waals surface area (Å²) in [6, 6.07) is 7.15. The molecule has 114 valence electrons. The lowest BCUT2D eigenvalue weighted by Crippen LogP contribution is -2.44. The van der Waals surface area contributed by atoms with Crippen molar-refractivity contribution in [2.24, 2.45) is 0 Å². The molecule has 0 aliphatic carbocycles. The van der Waals surface area contributed by atoms with E-state index < -0.39 is 0 Å². The molecule has 2 rings (SSSR count). The molecule has 1 aromatic carbocycles. The van der Waals surface area contributed by atoms with Crippen LogP contribution in [0.5, 0.6) is 0 Å². The zero-order chi connectivity index (χ0) is 15.2. The lowest BCUT2D eigenvalue weighted by atomic mass is 10.0. The summed E-state index contributed by atoms with van der Waals surface area (Å²) in [6.07, 6.45) is 2.82. The Hall–Kier alpha value is -1.95. The Morgan fingerprint density at radius 1 is 1.33 bits per heavy atom. The molecule has 1 aromatic rings. The highest BCUT2D eigenvalue weighted by Crippen LogP contribution is 2.13. The average Bonchev–Trinajstić information content (AvgIpc) is 2.48. The van der Waals surface area contributed by atoms with Crippen molar-refractivity contribution in [3.63, 3.8) is 0 Å². The maximum Gasteiger partial charge on any atom is 0.269 e. The van der Waals surface area contributed by atoms with E-state index in [1.807, 2.05) is 4.90 Å². The molecule has 0 bridgehead atoms. The zero-order valence-electron chi connectivity index (χ0n) is 12.2. The van der Waals surface area contributed by atoms with Crippen molar-refractivity contribution in [3.05, 3.63) is 39.9 Å². The van der Waals surface area contributed by atoms with Crippen LogP contribution in [0.3, 0.4) is 0 Å². The van der Waals surface area contributed by atoms with Gasteiger partial charge in [-0.05, 0) is 31.4 Å². The fourth-order valence-corrected chi connectivity index (χ4v) is 2.60. The number of hydrogen-bond acceptors (Lipinski definition) is 4. The fraction of sp³-hybridized carbons (Fsp3) is 0.533. The highest BCUT2D eigenvalue weighted by molar-refractivity contribution is 5.73. The minimum Gasteiger partial charge on any atom is -0.343 e. The Bertz CT molecular complexity index is 493. The topological polar surface area (TPSA) is 75.5 Å². The van der Waals surface area contributed by atoms with E-state index in [4.69, 9.17) is 0 Å². The summed E-state index contributed by atoms with van der Waals surface area (Å²) >= 11 is 0. The molecule has 1 heterocycles. The molecule has 6 heteroatoms. The highest BCUT2D eigenvalue weighted by atomic mass is 16.6. The first kappa shape index (κ1) is 15.4. The van der Waals surface area contributed by atoms with E-state index in [2.05, 4.69) is 5.32 Å². The average molecular weight is 291 g/mol. The van der Waals surface area contributed by atoms with E-state index in [-0.39, 0.29) is 16.5 Å². The molecule has 1 amide bonds. The van der Waals surface area contributed by atoms with E-state index in [1.165, 1.54) is 0 Å². The molecule has 0 saturated carbocycles. The van der Waals surface area contributed by atoms with E-state index in [0.29, 0.717) is 6.04 Å². The second-order valence-corrected chi connectivity index (χ2v) is 5.41. The third-order valence-corrected chi connectivity index (χ3v) is 3.93. The summed E-state index contributed by atoms with van der Waals surface area (Å²) in [5.41, 5.74) is 1.22. The van der Waals surface area contributed by atoms with Gasteiger partial charge in [0.2, 0.25) is 5.91 Å². The van der Waals surface area contributed by atoms with Crippen molar-refractivity contribution < 1.29 is 9.72 Å². The molecular formula is C15H21N3O3. The molecular weight excluding hydrogens is 270 g/mol. The molecule has 1 saturated heterocycles. The molecule has 0 spiro atoms. The molecule has 21 heavy (non-hydrogen) atoms. The van der Waals surface area contributed by atoms with E-state index >= 15 is 0 Å². The number of carbonyl (C=O) groups is 1. The van der Waals surface area contributed by atoms with E-state index in [0.717, 1.165) is 44.5 Å². The summed E-state index contributed by atoms with van der Waals surface area (Å²) < 4.78 is 0. The van der Waals surface area contributed by atoms with Crippen LogP contribution in [-0.2, 0) is 11.2 Å². The van der Waals surface area contributed by atoms with Gasteiger partial charge >= 0.3 is 0 Å². The van der Waals surface area contributed by atoms with Gasteiger partial charge in [0.25, 0.3) is 5.69 Å². The van der Waals surface area contributed by atoms with Gasteiger partial charge in [-0.2, -0.15) is 0 Å². The number of nitro groups is 1. The summed E-state index contributed by atoms with van der Waals surface area (Å²) in [4.78, 5) is 23.3. The van der Waals surface area contributed by atoms with Gasteiger partial charge in [0.1, 0.15) is 0 Å². The van der Waals surface area contributed by atoms with Crippen LogP contribution >= 0.6 is 0 Å². The molecule has 0 atom stereocenters. The minimum absolute atomic E-state index is 0.128. The Morgan fingerprint density at radius 2 is 1.95 bits per heavy atom. The first-order valence-corrected chi connectivity index (χ1v) is 7.28. The van der Waals surface area contributed by atoms with Crippen molar-refractivity contribution >= 4 is 11.6 Å². The van der Waals surface area contributed by atoms with Gasteiger partial charge in [0.15, 0.2) is 0 Å². The van der Waals surface area contributed by atoms with E-state index in [1.54, 1.807) is 31.2 Å². The number of non-ortho nitro benzene ring substituents is 1.